The van der Waals surface area contributed by atoms with Gasteiger partial charge >= 0.3 is 0 Å². The SMILES string of the molecule is CC(C)CNC1CC(CCO)CN(C(=O)C(C)C)C1. The van der Waals surface area contributed by atoms with Crippen molar-refractivity contribution in [3.63, 3.8) is 0 Å². The Morgan fingerprint density at radius 2 is 2.00 bits per heavy atom. The number of nitrogens with zero attached hydrogens (tertiary/aromatic N) is 1. The van der Waals surface area contributed by atoms with E-state index in [0.717, 1.165) is 32.5 Å². The van der Waals surface area contributed by atoms with Crippen molar-refractivity contribution in [2.75, 3.05) is 26.2 Å². The first-order valence-electron chi connectivity index (χ1n) is 7.57. The highest BCUT2D eigenvalue weighted by molar-refractivity contribution is 5.78. The van der Waals surface area contributed by atoms with E-state index in [1.54, 1.807) is 0 Å². The van der Waals surface area contributed by atoms with Crippen LogP contribution in [0, 0.1) is 17.8 Å². The van der Waals surface area contributed by atoms with E-state index in [4.69, 9.17) is 5.11 Å². The van der Waals surface area contributed by atoms with E-state index in [-0.39, 0.29) is 18.4 Å². The summed E-state index contributed by atoms with van der Waals surface area (Å²) in [6, 6.07) is 0.371. The van der Waals surface area contributed by atoms with Gasteiger partial charge in [-0.1, -0.05) is 27.7 Å². The molecule has 0 spiro atoms. The normalized spacial score (nSPS) is 24.3. The maximum atomic E-state index is 12.2. The molecule has 4 heteroatoms. The number of aliphatic hydroxyl groups excluding tert-OH is 1. The second-order valence-electron chi connectivity index (χ2n) is 6.51. The molecule has 0 aliphatic carbocycles. The molecule has 2 atom stereocenters. The molecule has 112 valence electrons. The van der Waals surface area contributed by atoms with Crippen molar-refractivity contribution in [3.05, 3.63) is 0 Å². The highest BCUT2D eigenvalue weighted by Crippen LogP contribution is 2.21. The fourth-order valence-corrected chi connectivity index (χ4v) is 2.69. The van der Waals surface area contributed by atoms with Crippen LogP contribution in [0.4, 0.5) is 0 Å². The van der Waals surface area contributed by atoms with Gasteiger partial charge in [0.25, 0.3) is 0 Å². The van der Waals surface area contributed by atoms with E-state index >= 15 is 0 Å². The number of nitrogens with one attached hydrogen (secondary N) is 1. The molecule has 1 aliphatic rings. The molecule has 1 rings (SSSR count). The third-order valence-corrected chi connectivity index (χ3v) is 3.69. The Labute approximate surface area is 117 Å². The maximum absolute atomic E-state index is 12.2. The van der Waals surface area contributed by atoms with Gasteiger partial charge < -0.3 is 15.3 Å². The average Bonchev–Trinajstić information content (AvgIpc) is 2.35. The lowest BCUT2D eigenvalue weighted by Crippen LogP contribution is -2.52. The van der Waals surface area contributed by atoms with Gasteiger partial charge in [0, 0.05) is 31.7 Å². The summed E-state index contributed by atoms with van der Waals surface area (Å²) in [5.41, 5.74) is 0. The van der Waals surface area contributed by atoms with Crippen LogP contribution in [-0.4, -0.2) is 48.2 Å². The minimum Gasteiger partial charge on any atom is -0.396 e. The van der Waals surface area contributed by atoms with Crippen LogP contribution >= 0.6 is 0 Å². The zero-order valence-electron chi connectivity index (χ0n) is 12.9. The van der Waals surface area contributed by atoms with Crippen molar-refractivity contribution in [2.45, 2.75) is 46.6 Å². The van der Waals surface area contributed by atoms with Gasteiger partial charge in [0.1, 0.15) is 0 Å². The van der Waals surface area contributed by atoms with Crippen molar-refractivity contribution in [2.24, 2.45) is 17.8 Å². The molecule has 0 saturated carbocycles. The summed E-state index contributed by atoms with van der Waals surface area (Å²) >= 11 is 0. The number of amides is 1. The molecule has 19 heavy (non-hydrogen) atoms. The quantitative estimate of drug-likeness (QED) is 0.769. The largest absolute Gasteiger partial charge is 0.396 e. The summed E-state index contributed by atoms with van der Waals surface area (Å²) in [6.07, 6.45) is 1.86. The van der Waals surface area contributed by atoms with Gasteiger partial charge in [-0.05, 0) is 31.2 Å². The van der Waals surface area contributed by atoms with Crippen molar-refractivity contribution in [3.8, 4) is 0 Å². The lowest BCUT2D eigenvalue weighted by molar-refractivity contribution is -0.137. The fraction of sp³-hybridized carbons (Fsp3) is 0.933. The van der Waals surface area contributed by atoms with E-state index < -0.39 is 0 Å². The molecule has 1 aliphatic heterocycles. The molecule has 0 aromatic heterocycles. The van der Waals surface area contributed by atoms with Crippen molar-refractivity contribution >= 4 is 5.91 Å². The third kappa shape index (κ3) is 5.49. The molecule has 1 amide bonds. The van der Waals surface area contributed by atoms with Crippen molar-refractivity contribution in [1.82, 2.24) is 10.2 Å². The first-order valence-corrected chi connectivity index (χ1v) is 7.57. The van der Waals surface area contributed by atoms with Gasteiger partial charge in [0.05, 0.1) is 0 Å². The van der Waals surface area contributed by atoms with Gasteiger partial charge in [0.2, 0.25) is 5.91 Å². The third-order valence-electron chi connectivity index (χ3n) is 3.69. The van der Waals surface area contributed by atoms with E-state index in [1.807, 2.05) is 18.7 Å². The summed E-state index contributed by atoms with van der Waals surface area (Å²) in [5.74, 6) is 1.33. The summed E-state index contributed by atoms with van der Waals surface area (Å²) in [5, 5.41) is 12.7. The van der Waals surface area contributed by atoms with Gasteiger partial charge in [0.15, 0.2) is 0 Å². The van der Waals surface area contributed by atoms with E-state index in [2.05, 4.69) is 19.2 Å². The molecule has 4 nitrogen and oxygen atoms in total. The topological polar surface area (TPSA) is 52.6 Å². The molecule has 2 unspecified atom stereocenters. The molecule has 0 aromatic carbocycles. The molecule has 2 N–H and O–H groups in total. The Hall–Kier alpha value is -0.610. The average molecular weight is 270 g/mol. The smallest absolute Gasteiger partial charge is 0.225 e. The van der Waals surface area contributed by atoms with Gasteiger partial charge in [-0.3, -0.25) is 4.79 Å². The maximum Gasteiger partial charge on any atom is 0.225 e. The lowest BCUT2D eigenvalue weighted by Gasteiger charge is -2.39. The Morgan fingerprint density at radius 3 is 2.53 bits per heavy atom. The summed E-state index contributed by atoms with van der Waals surface area (Å²) < 4.78 is 0. The molecule has 0 bridgehead atoms. The zero-order chi connectivity index (χ0) is 14.4. The first kappa shape index (κ1) is 16.4. The molecule has 0 radical (unpaired) electrons. The van der Waals surface area contributed by atoms with Crippen LogP contribution in [0.5, 0.6) is 0 Å². The minimum absolute atomic E-state index is 0.0543. The predicted molar refractivity (Wildman–Crippen MR) is 77.9 cm³/mol. The molecular formula is C15H30N2O2. The summed E-state index contributed by atoms with van der Waals surface area (Å²) in [4.78, 5) is 14.1. The van der Waals surface area contributed by atoms with Crippen LogP contribution in [-0.2, 0) is 4.79 Å². The molecule has 1 fully saturated rings. The second-order valence-corrected chi connectivity index (χ2v) is 6.51. The Morgan fingerprint density at radius 1 is 1.32 bits per heavy atom. The first-order chi connectivity index (χ1) is 8.93. The Kier molecular flexibility index (Phi) is 6.80. The van der Waals surface area contributed by atoms with Crippen LogP contribution in [0.3, 0.4) is 0 Å². The van der Waals surface area contributed by atoms with Crippen molar-refractivity contribution in [1.29, 1.82) is 0 Å². The molecular weight excluding hydrogens is 240 g/mol. The summed E-state index contributed by atoms with van der Waals surface area (Å²) in [7, 11) is 0. The zero-order valence-corrected chi connectivity index (χ0v) is 12.9. The standard InChI is InChI=1S/C15H30N2O2/c1-11(2)8-16-14-7-13(5-6-18)9-17(10-14)15(19)12(3)4/h11-14,16,18H,5-10H2,1-4H3. The number of hydrogen-bond donors (Lipinski definition) is 2. The Balaban J connectivity index is 2.59. The summed E-state index contributed by atoms with van der Waals surface area (Å²) in [6.45, 7) is 11.1. The monoisotopic (exact) mass is 270 g/mol. The number of likely N-dealkylation sites (tertiary alicyclic amines) is 1. The number of rotatable bonds is 6. The van der Waals surface area contributed by atoms with Gasteiger partial charge in [-0.15, -0.1) is 0 Å². The van der Waals surface area contributed by atoms with Crippen LogP contribution in [0.25, 0.3) is 0 Å². The van der Waals surface area contributed by atoms with E-state index in [1.165, 1.54) is 0 Å². The van der Waals surface area contributed by atoms with E-state index in [9.17, 15) is 4.79 Å². The number of hydrogen-bond acceptors (Lipinski definition) is 3. The molecule has 0 aromatic rings. The van der Waals surface area contributed by atoms with Crippen LogP contribution in [0.15, 0.2) is 0 Å². The molecule has 1 heterocycles. The van der Waals surface area contributed by atoms with Gasteiger partial charge in [-0.25, -0.2) is 0 Å². The van der Waals surface area contributed by atoms with Gasteiger partial charge in [-0.2, -0.15) is 0 Å². The second kappa shape index (κ2) is 7.85. The highest BCUT2D eigenvalue weighted by Gasteiger charge is 2.30. The number of carbonyl (C=O) groups excluding carboxylic acids is 1. The van der Waals surface area contributed by atoms with E-state index in [0.29, 0.717) is 17.9 Å². The predicted octanol–water partition coefficient (Wildman–Crippen LogP) is 1.49. The lowest BCUT2D eigenvalue weighted by atomic mass is 9.90. The minimum atomic E-state index is 0.0543. The molecule has 1 saturated heterocycles. The Bertz CT molecular complexity index is 279. The highest BCUT2D eigenvalue weighted by atomic mass is 16.3. The van der Waals surface area contributed by atoms with Crippen LogP contribution in [0.2, 0.25) is 0 Å². The van der Waals surface area contributed by atoms with Crippen LogP contribution < -0.4 is 5.32 Å². The number of carbonyl (C=O) groups is 1. The van der Waals surface area contributed by atoms with Crippen LogP contribution in [0.1, 0.15) is 40.5 Å². The fourth-order valence-electron chi connectivity index (χ4n) is 2.69. The number of piperidine rings is 1. The van der Waals surface area contributed by atoms with Crippen molar-refractivity contribution < 1.29 is 9.90 Å². The number of aliphatic hydroxyl groups is 1.